The molecular formula is C16H14ClF3N2O3S. The van der Waals surface area contributed by atoms with Crippen LogP contribution in [0.15, 0.2) is 42.5 Å². The van der Waals surface area contributed by atoms with Crippen LogP contribution in [-0.4, -0.2) is 27.6 Å². The van der Waals surface area contributed by atoms with Crippen molar-refractivity contribution >= 4 is 38.9 Å². The van der Waals surface area contributed by atoms with Gasteiger partial charge < -0.3 is 5.32 Å². The number of anilines is 2. The number of nitrogens with zero attached hydrogens (tertiary/aromatic N) is 1. The van der Waals surface area contributed by atoms with Gasteiger partial charge in [-0.2, -0.15) is 13.2 Å². The normalized spacial score (nSPS) is 11.9. The van der Waals surface area contributed by atoms with Crippen LogP contribution < -0.4 is 9.62 Å². The van der Waals surface area contributed by atoms with Crippen LogP contribution in [0.3, 0.4) is 0 Å². The van der Waals surface area contributed by atoms with Crippen LogP contribution in [0.2, 0.25) is 5.02 Å². The summed E-state index contributed by atoms with van der Waals surface area (Å²) in [5.41, 5.74) is -0.829. The highest BCUT2D eigenvalue weighted by Gasteiger charge is 2.33. The molecule has 0 atom stereocenters. The third-order valence-electron chi connectivity index (χ3n) is 3.50. The van der Waals surface area contributed by atoms with E-state index in [4.69, 9.17) is 11.6 Å². The molecule has 2 rings (SSSR count). The fourth-order valence-electron chi connectivity index (χ4n) is 2.06. The summed E-state index contributed by atoms with van der Waals surface area (Å²) in [4.78, 5) is 12.3. The Kier molecular flexibility index (Phi) is 5.52. The van der Waals surface area contributed by atoms with E-state index < -0.39 is 32.7 Å². The van der Waals surface area contributed by atoms with Gasteiger partial charge >= 0.3 is 6.18 Å². The number of amides is 1. The minimum atomic E-state index is -4.66. The molecule has 2 aromatic rings. The molecule has 0 radical (unpaired) electrons. The second-order valence-corrected chi connectivity index (χ2v) is 7.85. The number of halogens is 4. The largest absolute Gasteiger partial charge is 0.417 e. The zero-order valence-corrected chi connectivity index (χ0v) is 15.2. The summed E-state index contributed by atoms with van der Waals surface area (Å²) in [6, 6.07) is 8.69. The molecule has 5 nitrogen and oxygen atoms in total. The average Bonchev–Trinajstić information content (AvgIpc) is 2.54. The van der Waals surface area contributed by atoms with Gasteiger partial charge in [-0.15, -0.1) is 0 Å². The number of carbonyl (C=O) groups is 1. The summed E-state index contributed by atoms with van der Waals surface area (Å²) < 4.78 is 62.8. The minimum Gasteiger partial charge on any atom is -0.322 e. The molecule has 26 heavy (non-hydrogen) atoms. The van der Waals surface area contributed by atoms with Crippen molar-refractivity contribution < 1.29 is 26.4 Å². The van der Waals surface area contributed by atoms with Crippen LogP contribution in [0.5, 0.6) is 0 Å². The maximum Gasteiger partial charge on any atom is 0.417 e. The van der Waals surface area contributed by atoms with E-state index in [0.29, 0.717) is 0 Å². The van der Waals surface area contributed by atoms with Crippen molar-refractivity contribution in [1.29, 1.82) is 0 Å². The fourth-order valence-corrected chi connectivity index (χ4v) is 2.78. The highest BCUT2D eigenvalue weighted by atomic mass is 35.5. The van der Waals surface area contributed by atoms with E-state index in [1.807, 2.05) is 0 Å². The lowest BCUT2D eigenvalue weighted by molar-refractivity contribution is -0.137. The smallest absolute Gasteiger partial charge is 0.322 e. The first-order valence-corrected chi connectivity index (χ1v) is 9.34. The molecule has 0 aliphatic heterocycles. The number of carbonyl (C=O) groups excluding carboxylic acids is 1. The van der Waals surface area contributed by atoms with Gasteiger partial charge in [0.1, 0.15) is 0 Å². The summed E-state index contributed by atoms with van der Waals surface area (Å²) in [7, 11) is -2.20. The lowest BCUT2D eigenvalue weighted by Crippen LogP contribution is -2.25. The molecular weight excluding hydrogens is 393 g/mol. The van der Waals surface area contributed by atoms with Gasteiger partial charge in [-0.05, 0) is 36.4 Å². The van der Waals surface area contributed by atoms with Crippen LogP contribution in [0, 0.1) is 0 Å². The van der Waals surface area contributed by atoms with Gasteiger partial charge in [0, 0.05) is 18.3 Å². The minimum absolute atomic E-state index is 0.0847. The van der Waals surface area contributed by atoms with E-state index in [1.165, 1.54) is 37.4 Å². The van der Waals surface area contributed by atoms with E-state index in [1.54, 1.807) is 0 Å². The predicted octanol–water partition coefficient (Wildman–Crippen LogP) is 4.01. The van der Waals surface area contributed by atoms with Crippen molar-refractivity contribution in [1.82, 2.24) is 0 Å². The Morgan fingerprint density at radius 1 is 1.15 bits per heavy atom. The topological polar surface area (TPSA) is 66.5 Å². The first kappa shape index (κ1) is 20.1. The molecule has 0 unspecified atom stereocenters. The van der Waals surface area contributed by atoms with Crippen molar-refractivity contribution in [3.8, 4) is 0 Å². The summed E-state index contributed by atoms with van der Waals surface area (Å²) in [5, 5.41) is 1.86. The van der Waals surface area contributed by atoms with E-state index in [0.717, 1.165) is 22.7 Å². The van der Waals surface area contributed by atoms with Crippen LogP contribution in [0.4, 0.5) is 24.5 Å². The first-order valence-electron chi connectivity index (χ1n) is 7.11. The summed E-state index contributed by atoms with van der Waals surface area (Å²) in [6.07, 6.45) is -3.65. The molecule has 0 spiro atoms. The molecule has 1 amide bonds. The Balaban J connectivity index is 2.29. The number of nitrogens with one attached hydrogen (secondary N) is 1. The van der Waals surface area contributed by atoms with Gasteiger partial charge in [0.2, 0.25) is 10.0 Å². The van der Waals surface area contributed by atoms with Crippen molar-refractivity contribution in [2.45, 2.75) is 6.18 Å². The number of alkyl halides is 3. The summed E-state index contributed by atoms with van der Waals surface area (Å²) >= 11 is 5.54. The van der Waals surface area contributed by atoms with Crippen molar-refractivity contribution in [3.63, 3.8) is 0 Å². The zero-order valence-electron chi connectivity index (χ0n) is 13.6. The third-order valence-corrected chi connectivity index (χ3v) is 5.03. The number of benzene rings is 2. The average molecular weight is 407 g/mol. The molecule has 10 heteroatoms. The van der Waals surface area contributed by atoms with Crippen LogP contribution in [-0.2, 0) is 16.2 Å². The quantitative estimate of drug-likeness (QED) is 0.834. The number of rotatable bonds is 4. The monoisotopic (exact) mass is 406 g/mol. The second kappa shape index (κ2) is 7.16. The highest BCUT2D eigenvalue weighted by molar-refractivity contribution is 7.92. The standard InChI is InChI=1S/C16H14ClF3N2O3S/c1-22(26(2,24)25)12-5-3-4-10(8-12)15(23)21-11-6-7-14(17)13(9-11)16(18,19)20/h3-9H,1-2H3,(H,21,23). The molecule has 0 aliphatic carbocycles. The van der Waals surface area contributed by atoms with Crippen LogP contribution >= 0.6 is 11.6 Å². The van der Waals surface area contributed by atoms with Gasteiger partial charge in [0.25, 0.3) is 5.91 Å². The third kappa shape index (κ3) is 4.67. The van der Waals surface area contributed by atoms with Gasteiger partial charge in [-0.1, -0.05) is 17.7 Å². The van der Waals surface area contributed by atoms with Gasteiger partial charge in [-0.3, -0.25) is 9.10 Å². The number of hydrogen-bond acceptors (Lipinski definition) is 3. The maximum absolute atomic E-state index is 12.9. The second-order valence-electron chi connectivity index (χ2n) is 5.43. The van der Waals surface area contributed by atoms with Gasteiger partial charge in [-0.25, -0.2) is 8.42 Å². The van der Waals surface area contributed by atoms with E-state index in [-0.39, 0.29) is 16.9 Å². The summed E-state index contributed by atoms with van der Waals surface area (Å²) in [6.45, 7) is 0. The Hall–Kier alpha value is -2.26. The van der Waals surface area contributed by atoms with E-state index in [9.17, 15) is 26.4 Å². The lowest BCUT2D eigenvalue weighted by atomic mass is 10.1. The summed E-state index contributed by atoms with van der Waals surface area (Å²) in [5.74, 6) is -0.691. The molecule has 0 saturated heterocycles. The predicted molar refractivity (Wildman–Crippen MR) is 94.1 cm³/mol. The van der Waals surface area contributed by atoms with Crippen molar-refractivity contribution in [2.24, 2.45) is 0 Å². The molecule has 140 valence electrons. The number of sulfonamides is 1. The first-order chi connectivity index (χ1) is 11.9. The molecule has 0 aliphatic rings. The zero-order chi connectivity index (χ0) is 19.7. The van der Waals surface area contributed by atoms with Gasteiger partial charge in [0.15, 0.2) is 0 Å². The Morgan fingerprint density at radius 3 is 2.38 bits per heavy atom. The van der Waals surface area contributed by atoms with Crippen molar-refractivity contribution in [2.75, 3.05) is 22.9 Å². The lowest BCUT2D eigenvalue weighted by Gasteiger charge is -2.17. The number of hydrogen-bond donors (Lipinski definition) is 1. The van der Waals surface area contributed by atoms with Crippen LogP contribution in [0.1, 0.15) is 15.9 Å². The highest BCUT2D eigenvalue weighted by Crippen LogP contribution is 2.36. The van der Waals surface area contributed by atoms with E-state index in [2.05, 4.69) is 5.32 Å². The Bertz CT molecular complexity index is 946. The SMILES string of the molecule is CN(c1cccc(C(=O)Nc2ccc(Cl)c(C(F)(F)F)c2)c1)S(C)(=O)=O. The molecule has 1 N–H and O–H groups in total. The molecule has 0 saturated carbocycles. The van der Waals surface area contributed by atoms with Crippen LogP contribution in [0.25, 0.3) is 0 Å². The van der Waals surface area contributed by atoms with Gasteiger partial charge in [0.05, 0.1) is 22.5 Å². The Labute approximate surface area is 153 Å². The molecule has 0 aromatic heterocycles. The molecule has 2 aromatic carbocycles. The molecule has 0 bridgehead atoms. The molecule has 0 heterocycles. The fraction of sp³-hybridized carbons (Fsp3) is 0.188. The molecule has 0 fully saturated rings. The van der Waals surface area contributed by atoms with E-state index >= 15 is 0 Å². The Morgan fingerprint density at radius 2 is 1.81 bits per heavy atom. The van der Waals surface area contributed by atoms with Crippen molar-refractivity contribution in [3.05, 3.63) is 58.6 Å². The maximum atomic E-state index is 12.9.